The molecule has 0 fully saturated rings. The molecule has 0 saturated carbocycles. The third-order valence-corrected chi connectivity index (χ3v) is 6.16. The van der Waals surface area contributed by atoms with E-state index < -0.39 is 64.4 Å². The first-order chi connectivity index (χ1) is 17.4. The third-order valence-electron chi connectivity index (χ3n) is 5.17. The minimum absolute atomic E-state index is 0. The van der Waals surface area contributed by atoms with Gasteiger partial charge in [-0.25, -0.2) is 17.2 Å². The summed E-state index contributed by atoms with van der Waals surface area (Å²) in [4.78, 5) is 22.4. The van der Waals surface area contributed by atoms with Crippen molar-refractivity contribution in [1.82, 2.24) is 0 Å². The zero-order valence-corrected chi connectivity index (χ0v) is 22.8. The number of nitrogens with zero attached hydrogens (tertiary/aromatic N) is 1. The Balaban J connectivity index is 0. The summed E-state index contributed by atoms with van der Waals surface area (Å²) >= 11 is 0. The normalized spacial score (nSPS) is 14.2. The van der Waals surface area contributed by atoms with Gasteiger partial charge in [0.1, 0.15) is 0 Å². The van der Waals surface area contributed by atoms with Crippen LogP contribution in [0.5, 0.6) is 0 Å². The first-order valence-corrected chi connectivity index (χ1v) is 12.5. The molecule has 0 saturated heterocycles. The number of hydrogen-bond donors (Lipinski definition) is 0. The number of rotatable bonds is 10. The average molecular weight is 613 g/mol. The summed E-state index contributed by atoms with van der Waals surface area (Å²) in [6.45, 7) is 5.03. The van der Waals surface area contributed by atoms with E-state index in [0.717, 1.165) is 12.0 Å². The van der Waals surface area contributed by atoms with Gasteiger partial charge in [0.25, 0.3) is 5.92 Å². The predicted molar refractivity (Wildman–Crippen MR) is 119 cm³/mol. The molecule has 0 aromatic heterocycles. The third kappa shape index (κ3) is 12.7. The van der Waals surface area contributed by atoms with Gasteiger partial charge in [-0.1, -0.05) is 52.0 Å². The summed E-state index contributed by atoms with van der Waals surface area (Å²) in [5.41, 5.74) is -4.87. The van der Waals surface area contributed by atoms with Crippen LogP contribution < -0.4 is 18.9 Å². The van der Waals surface area contributed by atoms with Gasteiger partial charge in [0.15, 0.2) is 16.6 Å². The number of carbonyl (C=O) groups excluding carboxylic acids is 2. The van der Waals surface area contributed by atoms with Crippen LogP contribution in [0.1, 0.15) is 68.8 Å². The van der Waals surface area contributed by atoms with Crippen LogP contribution in [0.2, 0.25) is 0 Å². The topological polar surface area (TPSA) is 91.6 Å². The van der Waals surface area contributed by atoms with Gasteiger partial charge < -0.3 is 14.3 Å². The van der Waals surface area contributed by atoms with E-state index in [1.807, 2.05) is 13.8 Å². The molecule has 0 aliphatic heterocycles. The van der Waals surface area contributed by atoms with Crippen LogP contribution in [-0.2, 0) is 19.6 Å². The Morgan fingerprint density at radius 3 is 1.73 bits per heavy atom. The van der Waals surface area contributed by atoms with E-state index in [2.05, 4.69) is 9.46 Å². The minimum Gasteiger partial charge on any atom is -0.534 e. The molecule has 1 aromatic rings. The van der Waals surface area contributed by atoms with Crippen molar-refractivity contribution < 1.29 is 85.5 Å². The number of ether oxygens (including phenoxy) is 1. The van der Waals surface area contributed by atoms with E-state index in [4.69, 9.17) is 0 Å². The monoisotopic (exact) mass is 613 g/mol. The van der Waals surface area contributed by atoms with E-state index in [-0.39, 0.29) is 36.8 Å². The maximum atomic E-state index is 12.9. The number of benzene rings is 1. The Kier molecular flexibility index (Phi) is 15.4. The molecule has 0 heterocycles. The zero-order chi connectivity index (χ0) is 31.0. The molecule has 40 heavy (non-hydrogen) atoms. The number of amides is 1. The maximum absolute atomic E-state index is 12.9. The summed E-state index contributed by atoms with van der Waals surface area (Å²) < 4.78 is 150. The van der Waals surface area contributed by atoms with Gasteiger partial charge in [-0.15, -0.1) is 0 Å². The molecule has 0 spiro atoms. The number of halogens is 10. The van der Waals surface area contributed by atoms with Crippen molar-refractivity contribution in [2.75, 3.05) is 6.61 Å². The average Bonchev–Trinajstić information content (AvgIpc) is 2.79. The van der Waals surface area contributed by atoms with Crippen molar-refractivity contribution in [3.05, 3.63) is 40.1 Å². The smallest absolute Gasteiger partial charge is 0.534 e. The van der Waals surface area contributed by atoms with Gasteiger partial charge in [0.05, 0.1) is 18.2 Å². The Morgan fingerprint density at radius 1 is 0.875 bits per heavy atom. The van der Waals surface area contributed by atoms with E-state index in [1.165, 1.54) is 19.1 Å². The van der Waals surface area contributed by atoms with Gasteiger partial charge in [-0.05, 0) is 29.9 Å². The van der Waals surface area contributed by atoms with Crippen LogP contribution >= 0.6 is 0 Å². The van der Waals surface area contributed by atoms with Crippen LogP contribution in [0.15, 0.2) is 24.3 Å². The van der Waals surface area contributed by atoms with Crippen molar-refractivity contribution in [3.8, 4) is 0 Å². The van der Waals surface area contributed by atoms with Crippen molar-refractivity contribution in [1.29, 1.82) is 0 Å². The van der Waals surface area contributed by atoms with Gasteiger partial charge in [0, 0.05) is 0 Å². The van der Waals surface area contributed by atoms with Crippen LogP contribution in [0, 0.1) is 5.92 Å². The molecule has 1 rings (SSSR count). The minimum atomic E-state index is -6.07. The largest absolute Gasteiger partial charge is 1.00 e. The summed E-state index contributed by atoms with van der Waals surface area (Å²) in [5, 5.41) is 0. The summed E-state index contributed by atoms with van der Waals surface area (Å²) in [6.07, 6.45) is -7.70. The van der Waals surface area contributed by atoms with E-state index in [0.29, 0.717) is 0 Å². The molecule has 0 N–H and O–H groups in total. The first-order valence-electron chi connectivity index (χ1n) is 11.1. The quantitative estimate of drug-likeness (QED) is 0.222. The number of esters is 1. The molecule has 1 aromatic carbocycles. The standard InChI is InChI=1S/C12H14F3NO3S.C10H13F7O2.Li/c1-3-8(2)9-4-6-10(7-5-9)11(17)16-20(18,19)12(13,14)15;1-3-6(2)7(18)19-5-8(11,12)4-9(13,14)10(15,16)17;/h4-8H,3H2,1-2H3,(H,16,17);6H,3-5H2,1-2H3;/q;;+1/p-1. The fraction of sp³-hybridized carbons (Fsp3) is 0.636. The molecule has 0 bridgehead atoms. The van der Waals surface area contributed by atoms with Gasteiger partial charge in [0.2, 0.25) is 0 Å². The SMILES string of the molecule is CCC(C)C(=O)OCC(F)(F)CC(F)(F)C(F)(F)F.CCC(C)c1ccc(C(=O)[N-]S(=O)(=O)C(F)(F)F)cc1.[Li+]. The molecule has 18 heteroatoms. The Morgan fingerprint density at radius 2 is 1.35 bits per heavy atom. The van der Waals surface area contributed by atoms with E-state index in [9.17, 15) is 61.9 Å². The van der Waals surface area contributed by atoms with Crippen LogP contribution in [0.3, 0.4) is 0 Å². The second-order valence-electron chi connectivity index (χ2n) is 8.40. The Bertz CT molecular complexity index is 1060. The van der Waals surface area contributed by atoms with Crippen LogP contribution in [0.25, 0.3) is 4.72 Å². The molecule has 2 atom stereocenters. The molecule has 0 radical (unpaired) electrons. The van der Waals surface area contributed by atoms with Gasteiger partial charge >= 0.3 is 42.4 Å². The van der Waals surface area contributed by atoms with Crippen molar-refractivity contribution in [2.45, 2.75) is 76.4 Å². The van der Waals surface area contributed by atoms with Gasteiger partial charge in [-0.2, -0.15) is 35.1 Å². The molecule has 2 unspecified atom stereocenters. The predicted octanol–water partition coefficient (Wildman–Crippen LogP) is 4.37. The summed E-state index contributed by atoms with van der Waals surface area (Å²) in [7, 11) is -5.80. The fourth-order valence-corrected chi connectivity index (χ4v) is 2.79. The van der Waals surface area contributed by atoms with Crippen molar-refractivity contribution in [3.63, 3.8) is 0 Å². The molecular weight excluding hydrogens is 587 g/mol. The van der Waals surface area contributed by atoms with Crippen LogP contribution in [0.4, 0.5) is 43.9 Å². The molecule has 0 aliphatic carbocycles. The molecule has 1 amide bonds. The number of hydrogen-bond acceptors (Lipinski definition) is 5. The van der Waals surface area contributed by atoms with E-state index >= 15 is 0 Å². The van der Waals surface area contributed by atoms with Crippen molar-refractivity contribution in [2.24, 2.45) is 5.92 Å². The number of sulfonamides is 1. The molecule has 226 valence electrons. The van der Waals surface area contributed by atoms with Crippen LogP contribution in [-0.4, -0.2) is 50.4 Å². The maximum Gasteiger partial charge on any atom is 1.00 e. The molecular formula is C22H26F10LiNO5S. The summed E-state index contributed by atoms with van der Waals surface area (Å²) in [5.74, 6) is -13.0. The molecule has 6 nitrogen and oxygen atoms in total. The van der Waals surface area contributed by atoms with Gasteiger partial charge in [-0.3, -0.25) is 4.79 Å². The Labute approximate surface area is 236 Å². The number of carbonyl (C=O) groups is 2. The first kappa shape index (κ1) is 40.1. The molecule has 0 aliphatic rings. The summed E-state index contributed by atoms with van der Waals surface area (Å²) in [6, 6.07) is 5.66. The Hall–Kier alpha value is -1.99. The fourth-order valence-electron chi connectivity index (χ4n) is 2.37. The van der Waals surface area contributed by atoms with E-state index in [1.54, 1.807) is 19.1 Å². The van der Waals surface area contributed by atoms with Crippen molar-refractivity contribution >= 4 is 21.9 Å². The second kappa shape index (κ2) is 15.3. The second-order valence-corrected chi connectivity index (χ2v) is 10.00. The number of alkyl halides is 10. The zero-order valence-electron chi connectivity index (χ0n) is 22.0.